The standard InChI is InChI=1S/C16H29N3/c1-6-19-14(5)16(13(4)18-19)12(3)17-10-15-9-7-8-11(15)2/h11-12,15,17H,6-10H2,1-5H3. The van der Waals surface area contributed by atoms with E-state index in [1.807, 2.05) is 0 Å². The second kappa shape index (κ2) is 6.08. The highest BCUT2D eigenvalue weighted by atomic mass is 15.3. The van der Waals surface area contributed by atoms with Gasteiger partial charge in [0, 0.05) is 23.8 Å². The van der Waals surface area contributed by atoms with E-state index >= 15 is 0 Å². The summed E-state index contributed by atoms with van der Waals surface area (Å²) in [7, 11) is 0. The largest absolute Gasteiger partial charge is 0.310 e. The fourth-order valence-electron chi connectivity index (χ4n) is 3.60. The van der Waals surface area contributed by atoms with Crippen LogP contribution in [0.25, 0.3) is 0 Å². The molecular weight excluding hydrogens is 234 g/mol. The van der Waals surface area contributed by atoms with Crippen molar-refractivity contribution in [2.45, 2.75) is 66.5 Å². The predicted molar refractivity (Wildman–Crippen MR) is 80.3 cm³/mol. The summed E-state index contributed by atoms with van der Waals surface area (Å²) in [6.07, 6.45) is 4.22. The number of aryl methyl sites for hydroxylation is 2. The first-order valence-corrected chi connectivity index (χ1v) is 7.81. The molecule has 0 bridgehead atoms. The van der Waals surface area contributed by atoms with Crippen LogP contribution in [-0.2, 0) is 6.54 Å². The van der Waals surface area contributed by atoms with E-state index < -0.39 is 0 Å². The molecule has 1 aromatic heterocycles. The van der Waals surface area contributed by atoms with Gasteiger partial charge >= 0.3 is 0 Å². The van der Waals surface area contributed by atoms with Gasteiger partial charge in [-0.15, -0.1) is 0 Å². The van der Waals surface area contributed by atoms with Gasteiger partial charge in [-0.25, -0.2) is 0 Å². The highest BCUT2D eigenvalue weighted by Crippen LogP contribution is 2.31. The Morgan fingerprint density at radius 1 is 1.37 bits per heavy atom. The van der Waals surface area contributed by atoms with Crippen molar-refractivity contribution in [2.24, 2.45) is 11.8 Å². The smallest absolute Gasteiger partial charge is 0.0644 e. The molecule has 0 saturated heterocycles. The fourth-order valence-corrected chi connectivity index (χ4v) is 3.60. The van der Waals surface area contributed by atoms with E-state index in [0.717, 1.165) is 24.9 Å². The average molecular weight is 263 g/mol. The minimum atomic E-state index is 0.410. The first-order valence-electron chi connectivity index (χ1n) is 7.81. The van der Waals surface area contributed by atoms with Gasteiger partial charge in [0.05, 0.1) is 5.69 Å². The summed E-state index contributed by atoms with van der Waals surface area (Å²) in [4.78, 5) is 0. The van der Waals surface area contributed by atoms with Crippen molar-refractivity contribution in [1.29, 1.82) is 0 Å². The quantitative estimate of drug-likeness (QED) is 0.879. The molecule has 1 aliphatic carbocycles. The summed E-state index contributed by atoms with van der Waals surface area (Å²) in [5.41, 5.74) is 3.89. The van der Waals surface area contributed by atoms with Crippen LogP contribution in [0.15, 0.2) is 0 Å². The van der Waals surface area contributed by atoms with E-state index in [4.69, 9.17) is 0 Å². The molecule has 0 radical (unpaired) electrons. The van der Waals surface area contributed by atoms with E-state index in [1.165, 1.54) is 36.2 Å². The number of nitrogens with one attached hydrogen (secondary N) is 1. The molecule has 0 aromatic carbocycles. The van der Waals surface area contributed by atoms with Crippen molar-refractivity contribution in [3.05, 3.63) is 17.0 Å². The van der Waals surface area contributed by atoms with E-state index in [1.54, 1.807) is 0 Å². The third kappa shape index (κ3) is 3.02. The van der Waals surface area contributed by atoms with E-state index in [2.05, 4.69) is 49.7 Å². The second-order valence-electron chi connectivity index (χ2n) is 6.20. The van der Waals surface area contributed by atoms with Crippen LogP contribution >= 0.6 is 0 Å². The van der Waals surface area contributed by atoms with E-state index in [-0.39, 0.29) is 0 Å². The zero-order valence-corrected chi connectivity index (χ0v) is 13.2. The predicted octanol–water partition coefficient (Wildman–Crippen LogP) is 3.61. The van der Waals surface area contributed by atoms with Crippen LogP contribution in [0.5, 0.6) is 0 Å². The molecule has 3 heteroatoms. The molecule has 0 aliphatic heterocycles. The fraction of sp³-hybridized carbons (Fsp3) is 0.812. The van der Waals surface area contributed by atoms with Gasteiger partial charge in [-0.05, 0) is 52.5 Å². The van der Waals surface area contributed by atoms with Gasteiger partial charge in [-0.1, -0.05) is 19.8 Å². The topological polar surface area (TPSA) is 29.9 Å². The molecule has 1 aromatic rings. The summed E-state index contributed by atoms with van der Waals surface area (Å²) in [5.74, 6) is 1.75. The maximum atomic E-state index is 4.62. The molecular formula is C16H29N3. The van der Waals surface area contributed by atoms with Gasteiger partial charge in [-0.2, -0.15) is 5.10 Å². The van der Waals surface area contributed by atoms with Gasteiger partial charge in [0.15, 0.2) is 0 Å². The van der Waals surface area contributed by atoms with Crippen molar-refractivity contribution in [3.63, 3.8) is 0 Å². The molecule has 3 atom stereocenters. The SMILES string of the molecule is CCn1nc(C)c(C(C)NCC2CCCC2C)c1C. The summed E-state index contributed by atoms with van der Waals surface area (Å²) in [6.45, 7) is 13.3. The number of hydrogen-bond donors (Lipinski definition) is 1. The van der Waals surface area contributed by atoms with Crippen LogP contribution < -0.4 is 5.32 Å². The molecule has 0 spiro atoms. The van der Waals surface area contributed by atoms with Crippen molar-refractivity contribution < 1.29 is 0 Å². The van der Waals surface area contributed by atoms with Crippen LogP contribution in [0, 0.1) is 25.7 Å². The Hall–Kier alpha value is -0.830. The molecule has 3 nitrogen and oxygen atoms in total. The Morgan fingerprint density at radius 2 is 2.11 bits per heavy atom. The summed E-state index contributed by atoms with van der Waals surface area (Å²) < 4.78 is 2.11. The van der Waals surface area contributed by atoms with Gasteiger partial charge in [0.2, 0.25) is 0 Å². The van der Waals surface area contributed by atoms with Gasteiger partial charge in [0.25, 0.3) is 0 Å². The van der Waals surface area contributed by atoms with Crippen LogP contribution in [0.4, 0.5) is 0 Å². The Labute approximate surface area is 117 Å². The summed E-state index contributed by atoms with van der Waals surface area (Å²) in [5, 5.41) is 8.36. The minimum Gasteiger partial charge on any atom is -0.310 e. The lowest BCUT2D eigenvalue weighted by molar-refractivity contribution is 0.374. The van der Waals surface area contributed by atoms with Crippen LogP contribution in [0.3, 0.4) is 0 Å². The number of nitrogens with zero attached hydrogens (tertiary/aromatic N) is 2. The average Bonchev–Trinajstić information content (AvgIpc) is 2.90. The Bertz CT molecular complexity index is 422. The van der Waals surface area contributed by atoms with Crippen LogP contribution in [0.2, 0.25) is 0 Å². The van der Waals surface area contributed by atoms with Crippen LogP contribution in [-0.4, -0.2) is 16.3 Å². The first-order chi connectivity index (χ1) is 9.04. The highest BCUT2D eigenvalue weighted by molar-refractivity contribution is 5.27. The molecule has 2 rings (SSSR count). The summed E-state index contributed by atoms with van der Waals surface area (Å²) in [6, 6.07) is 0.410. The minimum absolute atomic E-state index is 0.410. The molecule has 1 heterocycles. The Morgan fingerprint density at radius 3 is 2.63 bits per heavy atom. The lowest BCUT2D eigenvalue weighted by atomic mass is 9.97. The monoisotopic (exact) mass is 263 g/mol. The van der Waals surface area contributed by atoms with Crippen LogP contribution in [0.1, 0.15) is 63.0 Å². The normalized spacial score (nSPS) is 24.9. The number of hydrogen-bond acceptors (Lipinski definition) is 2. The third-order valence-corrected chi connectivity index (χ3v) is 4.90. The second-order valence-corrected chi connectivity index (χ2v) is 6.20. The van der Waals surface area contributed by atoms with Crippen molar-refractivity contribution in [2.75, 3.05) is 6.54 Å². The summed E-state index contributed by atoms with van der Waals surface area (Å²) >= 11 is 0. The highest BCUT2D eigenvalue weighted by Gasteiger charge is 2.24. The Balaban J connectivity index is 1.99. The molecule has 3 unspecified atom stereocenters. The van der Waals surface area contributed by atoms with Gasteiger partial charge in [-0.3, -0.25) is 4.68 Å². The van der Waals surface area contributed by atoms with Crippen molar-refractivity contribution in [3.8, 4) is 0 Å². The Kier molecular flexibility index (Phi) is 4.67. The molecule has 0 amide bonds. The molecule has 1 aliphatic rings. The maximum Gasteiger partial charge on any atom is 0.0644 e. The van der Waals surface area contributed by atoms with Crippen molar-refractivity contribution in [1.82, 2.24) is 15.1 Å². The lowest BCUT2D eigenvalue weighted by Crippen LogP contribution is -2.27. The first kappa shape index (κ1) is 14.6. The van der Waals surface area contributed by atoms with E-state index in [9.17, 15) is 0 Å². The number of aromatic nitrogens is 2. The van der Waals surface area contributed by atoms with E-state index in [0.29, 0.717) is 6.04 Å². The zero-order valence-electron chi connectivity index (χ0n) is 13.2. The van der Waals surface area contributed by atoms with Crippen molar-refractivity contribution >= 4 is 0 Å². The molecule has 1 N–H and O–H groups in total. The molecule has 1 saturated carbocycles. The van der Waals surface area contributed by atoms with Gasteiger partial charge in [0.1, 0.15) is 0 Å². The molecule has 19 heavy (non-hydrogen) atoms. The maximum absolute atomic E-state index is 4.62. The zero-order chi connectivity index (χ0) is 14.0. The molecule has 108 valence electrons. The third-order valence-electron chi connectivity index (χ3n) is 4.90. The van der Waals surface area contributed by atoms with Gasteiger partial charge < -0.3 is 5.32 Å². The molecule has 1 fully saturated rings. The number of rotatable bonds is 5. The lowest BCUT2D eigenvalue weighted by Gasteiger charge is -2.20.